The highest BCUT2D eigenvalue weighted by Gasteiger charge is 2.38. The van der Waals surface area contributed by atoms with Crippen molar-refractivity contribution in [1.82, 2.24) is 15.1 Å². The fraction of sp³-hybridized carbons (Fsp3) is 0.867. The molecule has 2 aliphatic heterocycles. The van der Waals surface area contributed by atoms with Gasteiger partial charge in [-0.25, -0.2) is 0 Å². The standard InChI is InChI=1S/C15H26N4S/c1-4-5-14-16-17-15(20-14)18-9-8-12-6-7-13(10-18)19(12)11(2)3/h11-13H,4-10H2,1-3H3. The summed E-state index contributed by atoms with van der Waals surface area (Å²) >= 11 is 1.80. The maximum atomic E-state index is 4.43. The summed E-state index contributed by atoms with van der Waals surface area (Å²) in [7, 11) is 0. The molecule has 2 saturated heterocycles. The highest BCUT2D eigenvalue weighted by molar-refractivity contribution is 7.15. The predicted octanol–water partition coefficient (Wildman–Crippen LogP) is 2.94. The van der Waals surface area contributed by atoms with E-state index in [0.717, 1.165) is 37.1 Å². The van der Waals surface area contributed by atoms with Gasteiger partial charge < -0.3 is 4.90 Å². The number of hydrogen-bond acceptors (Lipinski definition) is 5. The Morgan fingerprint density at radius 2 is 2.00 bits per heavy atom. The molecule has 2 bridgehead atoms. The van der Waals surface area contributed by atoms with Crippen LogP contribution < -0.4 is 4.90 Å². The number of anilines is 1. The first-order valence-electron chi connectivity index (χ1n) is 8.03. The molecule has 0 spiro atoms. The van der Waals surface area contributed by atoms with Gasteiger partial charge in [0, 0.05) is 37.6 Å². The van der Waals surface area contributed by atoms with E-state index in [2.05, 4.69) is 40.8 Å². The summed E-state index contributed by atoms with van der Waals surface area (Å²) in [5.74, 6) is 0. The third-order valence-corrected chi connectivity index (χ3v) is 5.67. The topological polar surface area (TPSA) is 32.3 Å². The Morgan fingerprint density at radius 1 is 1.20 bits per heavy atom. The monoisotopic (exact) mass is 294 g/mol. The molecular weight excluding hydrogens is 268 g/mol. The molecule has 2 atom stereocenters. The van der Waals surface area contributed by atoms with Crippen LogP contribution >= 0.6 is 11.3 Å². The van der Waals surface area contributed by atoms with Gasteiger partial charge in [-0.1, -0.05) is 18.3 Å². The molecule has 0 radical (unpaired) electrons. The largest absolute Gasteiger partial charge is 0.345 e. The molecule has 2 aliphatic rings. The molecule has 1 aromatic heterocycles. The van der Waals surface area contributed by atoms with E-state index in [0.29, 0.717) is 12.1 Å². The van der Waals surface area contributed by atoms with E-state index in [-0.39, 0.29) is 0 Å². The average molecular weight is 294 g/mol. The lowest BCUT2D eigenvalue weighted by Gasteiger charge is -2.32. The van der Waals surface area contributed by atoms with E-state index in [1.165, 1.54) is 24.3 Å². The van der Waals surface area contributed by atoms with Crippen LogP contribution in [0, 0.1) is 0 Å². The summed E-state index contributed by atoms with van der Waals surface area (Å²) in [5, 5.41) is 11.1. The summed E-state index contributed by atoms with van der Waals surface area (Å²) in [5.41, 5.74) is 0. The van der Waals surface area contributed by atoms with Crippen molar-refractivity contribution in [1.29, 1.82) is 0 Å². The highest BCUT2D eigenvalue weighted by Crippen LogP contribution is 2.34. The van der Waals surface area contributed by atoms with Crippen LogP contribution in [0.3, 0.4) is 0 Å². The lowest BCUT2D eigenvalue weighted by molar-refractivity contribution is 0.158. The summed E-state index contributed by atoms with van der Waals surface area (Å²) in [6, 6.07) is 2.16. The van der Waals surface area contributed by atoms with E-state index < -0.39 is 0 Å². The van der Waals surface area contributed by atoms with E-state index in [1.807, 2.05) is 0 Å². The van der Waals surface area contributed by atoms with Crippen molar-refractivity contribution in [3.05, 3.63) is 5.01 Å². The van der Waals surface area contributed by atoms with Crippen molar-refractivity contribution in [2.75, 3.05) is 18.0 Å². The van der Waals surface area contributed by atoms with Crippen LogP contribution in [0.15, 0.2) is 0 Å². The van der Waals surface area contributed by atoms with Gasteiger partial charge >= 0.3 is 0 Å². The number of aromatic nitrogens is 2. The Hall–Kier alpha value is -0.680. The zero-order valence-corrected chi connectivity index (χ0v) is 13.7. The molecule has 3 rings (SSSR count). The lowest BCUT2D eigenvalue weighted by Crippen LogP contribution is -2.43. The van der Waals surface area contributed by atoms with Crippen LogP contribution in [-0.2, 0) is 6.42 Å². The molecule has 5 heteroatoms. The minimum atomic E-state index is 0.664. The molecule has 4 nitrogen and oxygen atoms in total. The lowest BCUT2D eigenvalue weighted by atomic mass is 10.1. The van der Waals surface area contributed by atoms with Gasteiger partial charge in [0.05, 0.1) is 0 Å². The second-order valence-corrected chi connectivity index (χ2v) is 7.43. The van der Waals surface area contributed by atoms with Gasteiger partial charge in [-0.2, -0.15) is 0 Å². The van der Waals surface area contributed by atoms with Crippen molar-refractivity contribution >= 4 is 16.5 Å². The molecule has 0 amide bonds. The van der Waals surface area contributed by atoms with E-state index in [9.17, 15) is 0 Å². The quantitative estimate of drug-likeness (QED) is 0.854. The molecular formula is C15H26N4S. The minimum absolute atomic E-state index is 0.664. The van der Waals surface area contributed by atoms with Gasteiger partial charge in [0.1, 0.15) is 5.01 Å². The fourth-order valence-electron chi connectivity index (χ4n) is 3.82. The molecule has 0 aliphatic carbocycles. The third-order valence-electron chi connectivity index (χ3n) is 4.63. The molecule has 20 heavy (non-hydrogen) atoms. The maximum Gasteiger partial charge on any atom is 0.208 e. The van der Waals surface area contributed by atoms with Gasteiger partial charge in [0.15, 0.2) is 0 Å². The summed E-state index contributed by atoms with van der Waals surface area (Å²) in [4.78, 5) is 5.23. The molecule has 2 unspecified atom stereocenters. The van der Waals surface area contributed by atoms with Crippen molar-refractivity contribution in [2.45, 2.75) is 71.0 Å². The maximum absolute atomic E-state index is 4.43. The zero-order chi connectivity index (χ0) is 14.1. The summed E-state index contributed by atoms with van der Waals surface area (Å²) in [6.45, 7) is 9.16. The second-order valence-electron chi connectivity index (χ2n) is 6.39. The van der Waals surface area contributed by atoms with E-state index >= 15 is 0 Å². The van der Waals surface area contributed by atoms with Crippen LogP contribution in [0.2, 0.25) is 0 Å². The second kappa shape index (κ2) is 5.98. The Kier molecular flexibility index (Phi) is 4.26. The molecule has 3 heterocycles. The van der Waals surface area contributed by atoms with Gasteiger partial charge in [-0.3, -0.25) is 4.90 Å². The number of rotatable bonds is 4. The SMILES string of the molecule is CCCc1nnc(N2CCC3CCC(C2)N3C(C)C)s1. The van der Waals surface area contributed by atoms with Gasteiger partial charge in [0.25, 0.3) is 0 Å². The first-order chi connectivity index (χ1) is 9.69. The Morgan fingerprint density at radius 3 is 2.75 bits per heavy atom. The number of fused-ring (bicyclic) bond motifs is 2. The number of hydrogen-bond donors (Lipinski definition) is 0. The van der Waals surface area contributed by atoms with Gasteiger partial charge in [-0.05, 0) is 39.5 Å². The summed E-state index contributed by atoms with van der Waals surface area (Å²) in [6.07, 6.45) is 6.22. The van der Waals surface area contributed by atoms with Crippen molar-refractivity contribution in [2.24, 2.45) is 0 Å². The third kappa shape index (κ3) is 2.70. The smallest absolute Gasteiger partial charge is 0.208 e. The van der Waals surface area contributed by atoms with Crippen LogP contribution in [0.5, 0.6) is 0 Å². The van der Waals surface area contributed by atoms with Crippen molar-refractivity contribution in [3.63, 3.8) is 0 Å². The molecule has 0 N–H and O–H groups in total. The summed E-state index contributed by atoms with van der Waals surface area (Å²) < 4.78 is 0. The Balaban J connectivity index is 1.73. The molecule has 112 valence electrons. The van der Waals surface area contributed by atoms with Gasteiger partial charge in [0.2, 0.25) is 5.13 Å². The normalized spacial score (nSPS) is 27.3. The molecule has 1 aromatic rings. The molecule has 2 fully saturated rings. The van der Waals surface area contributed by atoms with Crippen LogP contribution in [0.4, 0.5) is 5.13 Å². The van der Waals surface area contributed by atoms with Gasteiger partial charge in [-0.15, -0.1) is 10.2 Å². The first-order valence-corrected chi connectivity index (χ1v) is 8.85. The van der Waals surface area contributed by atoms with Crippen molar-refractivity contribution < 1.29 is 0 Å². The van der Waals surface area contributed by atoms with E-state index in [4.69, 9.17) is 0 Å². The predicted molar refractivity (Wildman–Crippen MR) is 84.5 cm³/mol. The fourth-order valence-corrected chi connectivity index (χ4v) is 4.79. The highest BCUT2D eigenvalue weighted by atomic mass is 32.1. The zero-order valence-electron chi connectivity index (χ0n) is 12.9. The Bertz CT molecular complexity index is 445. The van der Waals surface area contributed by atoms with Crippen LogP contribution in [0.1, 0.15) is 51.5 Å². The first kappa shape index (κ1) is 14.3. The van der Waals surface area contributed by atoms with Crippen molar-refractivity contribution in [3.8, 4) is 0 Å². The Labute approximate surface area is 126 Å². The number of nitrogens with zero attached hydrogens (tertiary/aromatic N) is 4. The minimum Gasteiger partial charge on any atom is -0.345 e. The number of aryl methyl sites for hydroxylation is 1. The molecule has 0 saturated carbocycles. The average Bonchev–Trinajstić information content (AvgIpc) is 2.94. The van der Waals surface area contributed by atoms with Crippen LogP contribution in [0.25, 0.3) is 0 Å². The van der Waals surface area contributed by atoms with E-state index in [1.54, 1.807) is 11.3 Å². The van der Waals surface area contributed by atoms with Crippen LogP contribution in [-0.4, -0.2) is 46.3 Å². The molecule has 0 aromatic carbocycles.